The minimum Gasteiger partial charge on any atom is -0.365 e. The van der Waals surface area contributed by atoms with Gasteiger partial charge in [0.1, 0.15) is 5.02 Å². The van der Waals surface area contributed by atoms with Crippen molar-refractivity contribution in [3.8, 4) is 0 Å². The molecule has 0 aliphatic rings. The Morgan fingerprint density at radius 3 is 2.67 bits per heavy atom. The Bertz CT molecular complexity index is 545. The van der Waals surface area contributed by atoms with Crippen LogP contribution in [0.2, 0.25) is 10.0 Å². The van der Waals surface area contributed by atoms with E-state index < -0.39 is 0 Å². The Morgan fingerprint density at radius 1 is 1.17 bits per heavy atom. The first kappa shape index (κ1) is 12.9. The molecule has 18 heavy (non-hydrogen) atoms. The molecule has 0 spiro atoms. The number of halogens is 2. The molecule has 2 aromatic rings. The van der Waals surface area contributed by atoms with E-state index in [1.807, 2.05) is 24.3 Å². The van der Waals surface area contributed by atoms with Crippen molar-refractivity contribution in [3.05, 3.63) is 46.1 Å². The van der Waals surface area contributed by atoms with Gasteiger partial charge >= 0.3 is 0 Å². The molecule has 0 unspecified atom stereocenters. The third-order valence-corrected chi connectivity index (χ3v) is 3.02. The van der Waals surface area contributed by atoms with Crippen LogP contribution in [-0.2, 0) is 6.54 Å². The smallest absolute Gasteiger partial charge is 0.224 e. The molecule has 0 radical (unpaired) electrons. The molecule has 2 rings (SSSR count). The molecule has 0 amide bonds. The zero-order valence-corrected chi connectivity index (χ0v) is 11.3. The second-order valence-corrected chi connectivity index (χ2v) is 4.40. The van der Waals surface area contributed by atoms with Gasteiger partial charge in [0.2, 0.25) is 5.95 Å². The molecule has 94 valence electrons. The number of nitrogens with zero attached hydrogens (tertiary/aromatic N) is 2. The minimum atomic E-state index is 0.473. The molecule has 0 fully saturated rings. The highest BCUT2D eigenvalue weighted by Crippen LogP contribution is 2.21. The molecular weight excluding hydrogens is 271 g/mol. The van der Waals surface area contributed by atoms with Gasteiger partial charge in [-0.2, -0.15) is 4.98 Å². The normalized spacial score (nSPS) is 10.2. The van der Waals surface area contributed by atoms with Crippen molar-refractivity contribution in [2.45, 2.75) is 6.54 Å². The Labute approximate surface area is 115 Å². The maximum absolute atomic E-state index is 6.07. The highest BCUT2D eigenvalue weighted by atomic mass is 35.5. The summed E-state index contributed by atoms with van der Waals surface area (Å²) in [5.74, 6) is 1.09. The van der Waals surface area contributed by atoms with Gasteiger partial charge in [-0.3, -0.25) is 0 Å². The largest absolute Gasteiger partial charge is 0.365 e. The number of benzene rings is 1. The second kappa shape index (κ2) is 5.89. The second-order valence-electron chi connectivity index (χ2n) is 3.59. The van der Waals surface area contributed by atoms with E-state index in [9.17, 15) is 0 Å². The highest BCUT2D eigenvalue weighted by molar-refractivity contribution is 6.33. The molecule has 6 heteroatoms. The van der Waals surface area contributed by atoms with Crippen molar-refractivity contribution in [2.75, 3.05) is 17.7 Å². The molecule has 0 bridgehead atoms. The van der Waals surface area contributed by atoms with E-state index in [4.69, 9.17) is 23.2 Å². The average molecular weight is 283 g/mol. The van der Waals surface area contributed by atoms with Crippen LogP contribution in [0.1, 0.15) is 5.56 Å². The van der Waals surface area contributed by atoms with Crippen LogP contribution in [-0.4, -0.2) is 17.0 Å². The Kier molecular flexibility index (Phi) is 4.23. The summed E-state index contributed by atoms with van der Waals surface area (Å²) in [6.07, 6.45) is 1.55. The molecule has 2 N–H and O–H groups in total. The summed E-state index contributed by atoms with van der Waals surface area (Å²) in [5, 5.41) is 7.18. The zero-order chi connectivity index (χ0) is 13.0. The summed E-state index contributed by atoms with van der Waals surface area (Å²) in [7, 11) is 1.75. The predicted molar refractivity (Wildman–Crippen MR) is 75.4 cm³/mol. The van der Waals surface area contributed by atoms with Crippen LogP contribution >= 0.6 is 23.2 Å². The summed E-state index contributed by atoms with van der Waals surface area (Å²) < 4.78 is 0. The number of anilines is 2. The zero-order valence-electron chi connectivity index (χ0n) is 9.74. The Morgan fingerprint density at radius 2 is 1.94 bits per heavy atom. The van der Waals surface area contributed by atoms with Crippen molar-refractivity contribution in [1.29, 1.82) is 0 Å². The SMILES string of the molecule is CNc1ncc(Cl)c(NCc2ccccc2Cl)n1. The quantitative estimate of drug-likeness (QED) is 0.902. The number of hydrogen-bond acceptors (Lipinski definition) is 4. The first-order valence-corrected chi connectivity index (χ1v) is 6.14. The van der Waals surface area contributed by atoms with E-state index in [1.165, 1.54) is 0 Å². The first-order valence-electron chi connectivity index (χ1n) is 5.38. The Balaban J connectivity index is 2.13. The van der Waals surface area contributed by atoms with Gasteiger partial charge < -0.3 is 10.6 Å². The average Bonchev–Trinajstić information content (AvgIpc) is 2.39. The van der Waals surface area contributed by atoms with Crippen LogP contribution in [0.25, 0.3) is 0 Å². The molecular formula is C12H12Cl2N4. The summed E-state index contributed by atoms with van der Waals surface area (Å²) >= 11 is 12.1. The van der Waals surface area contributed by atoms with Gasteiger partial charge in [0, 0.05) is 18.6 Å². The van der Waals surface area contributed by atoms with E-state index in [0.29, 0.717) is 28.4 Å². The molecule has 0 saturated carbocycles. The number of aromatic nitrogens is 2. The van der Waals surface area contributed by atoms with Crippen LogP contribution in [0.15, 0.2) is 30.5 Å². The maximum Gasteiger partial charge on any atom is 0.224 e. The van der Waals surface area contributed by atoms with E-state index >= 15 is 0 Å². The lowest BCUT2D eigenvalue weighted by molar-refractivity contribution is 1.08. The van der Waals surface area contributed by atoms with Crippen LogP contribution in [0, 0.1) is 0 Å². The van der Waals surface area contributed by atoms with Gasteiger partial charge in [-0.05, 0) is 11.6 Å². The summed E-state index contributed by atoms with van der Waals surface area (Å²) in [4.78, 5) is 8.24. The third-order valence-electron chi connectivity index (χ3n) is 2.37. The number of rotatable bonds is 4. The third kappa shape index (κ3) is 3.03. The van der Waals surface area contributed by atoms with Gasteiger partial charge in [0.25, 0.3) is 0 Å². The van der Waals surface area contributed by atoms with Crippen LogP contribution < -0.4 is 10.6 Å². The van der Waals surface area contributed by atoms with Crippen molar-refractivity contribution in [3.63, 3.8) is 0 Å². The van der Waals surface area contributed by atoms with E-state index in [1.54, 1.807) is 13.2 Å². The van der Waals surface area contributed by atoms with Gasteiger partial charge in [0.15, 0.2) is 5.82 Å². The fourth-order valence-electron chi connectivity index (χ4n) is 1.43. The molecule has 0 aliphatic carbocycles. The maximum atomic E-state index is 6.07. The van der Waals surface area contributed by atoms with Crippen molar-refractivity contribution in [2.24, 2.45) is 0 Å². The van der Waals surface area contributed by atoms with Crippen LogP contribution in [0.3, 0.4) is 0 Å². The standard InChI is InChI=1S/C12H12Cl2N4/c1-15-12-17-7-10(14)11(18-12)16-6-8-4-2-3-5-9(8)13/h2-5,7H,6H2,1H3,(H2,15,16,17,18). The van der Waals surface area contributed by atoms with Crippen LogP contribution in [0.4, 0.5) is 11.8 Å². The van der Waals surface area contributed by atoms with E-state index in [0.717, 1.165) is 5.56 Å². The highest BCUT2D eigenvalue weighted by Gasteiger charge is 2.05. The van der Waals surface area contributed by atoms with Crippen LogP contribution in [0.5, 0.6) is 0 Å². The summed E-state index contributed by atoms with van der Waals surface area (Å²) in [5.41, 5.74) is 0.986. The number of hydrogen-bond donors (Lipinski definition) is 2. The van der Waals surface area contributed by atoms with Crippen molar-refractivity contribution >= 4 is 35.0 Å². The lowest BCUT2D eigenvalue weighted by Gasteiger charge is -2.09. The Hall–Kier alpha value is -1.52. The van der Waals surface area contributed by atoms with Gasteiger partial charge in [-0.15, -0.1) is 0 Å². The fraction of sp³-hybridized carbons (Fsp3) is 0.167. The van der Waals surface area contributed by atoms with Crippen molar-refractivity contribution in [1.82, 2.24) is 9.97 Å². The molecule has 1 heterocycles. The summed E-state index contributed by atoms with van der Waals surface area (Å²) in [6, 6.07) is 7.62. The first-order chi connectivity index (χ1) is 8.70. The summed E-state index contributed by atoms with van der Waals surface area (Å²) in [6.45, 7) is 0.555. The van der Waals surface area contributed by atoms with Gasteiger partial charge in [-0.25, -0.2) is 4.98 Å². The molecule has 4 nitrogen and oxygen atoms in total. The van der Waals surface area contributed by atoms with E-state index in [-0.39, 0.29) is 0 Å². The predicted octanol–water partition coefficient (Wildman–Crippen LogP) is 3.44. The molecule has 0 saturated heterocycles. The van der Waals surface area contributed by atoms with Gasteiger partial charge in [-0.1, -0.05) is 41.4 Å². The molecule has 0 aliphatic heterocycles. The monoisotopic (exact) mass is 282 g/mol. The fourth-order valence-corrected chi connectivity index (χ4v) is 1.79. The topological polar surface area (TPSA) is 49.8 Å². The number of nitrogens with one attached hydrogen (secondary N) is 2. The van der Waals surface area contributed by atoms with Gasteiger partial charge in [0.05, 0.1) is 6.20 Å². The lowest BCUT2D eigenvalue weighted by Crippen LogP contribution is -2.05. The lowest BCUT2D eigenvalue weighted by atomic mass is 10.2. The minimum absolute atomic E-state index is 0.473. The molecule has 1 aromatic carbocycles. The van der Waals surface area contributed by atoms with Crippen molar-refractivity contribution < 1.29 is 0 Å². The molecule has 0 atom stereocenters. The van der Waals surface area contributed by atoms with E-state index in [2.05, 4.69) is 20.6 Å². The molecule has 1 aromatic heterocycles.